The molecule has 0 bridgehead atoms. The molecule has 0 unspecified atom stereocenters. The number of β-amino-alcohol motifs (C(OH)–C–C–N with tert-alkyl or cyclic N) is 1. The van der Waals surface area contributed by atoms with Crippen molar-refractivity contribution >= 4 is 6.09 Å². The third kappa shape index (κ3) is 3.85. The van der Waals surface area contributed by atoms with Crippen molar-refractivity contribution in [3.63, 3.8) is 0 Å². The Labute approximate surface area is 127 Å². The SMILES string of the molecule is CC(C)(C)OC(=O)N1C[C@H](O)[C@H](Oc2cccc(F)c2F)C1. The van der Waals surface area contributed by atoms with Gasteiger partial charge in [0.2, 0.25) is 5.82 Å². The first-order valence-corrected chi connectivity index (χ1v) is 6.94. The molecule has 1 aromatic rings. The van der Waals surface area contributed by atoms with Crippen molar-refractivity contribution < 1.29 is 28.2 Å². The van der Waals surface area contributed by atoms with E-state index < -0.39 is 35.5 Å². The molecule has 1 aromatic carbocycles. The summed E-state index contributed by atoms with van der Waals surface area (Å²) < 4.78 is 37.2. The van der Waals surface area contributed by atoms with Crippen molar-refractivity contribution in [3.05, 3.63) is 29.8 Å². The lowest BCUT2D eigenvalue weighted by atomic mass is 10.2. The van der Waals surface area contributed by atoms with Gasteiger partial charge in [-0.3, -0.25) is 0 Å². The lowest BCUT2D eigenvalue weighted by Crippen LogP contribution is -2.36. The van der Waals surface area contributed by atoms with Crippen LogP contribution in [-0.4, -0.2) is 47.0 Å². The Morgan fingerprint density at radius 1 is 1.32 bits per heavy atom. The molecule has 0 aliphatic carbocycles. The van der Waals surface area contributed by atoms with E-state index in [1.807, 2.05) is 0 Å². The fraction of sp³-hybridized carbons (Fsp3) is 0.533. The number of rotatable bonds is 2. The minimum absolute atomic E-state index is 0.0104. The fourth-order valence-corrected chi connectivity index (χ4v) is 2.09. The van der Waals surface area contributed by atoms with Crippen LogP contribution in [0.3, 0.4) is 0 Å². The molecular formula is C15H19F2NO4. The van der Waals surface area contributed by atoms with Gasteiger partial charge >= 0.3 is 6.09 Å². The van der Waals surface area contributed by atoms with Gasteiger partial charge in [0, 0.05) is 0 Å². The quantitative estimate of drug-likeness (QED) is 0.910. The number of hydrogen-bond acceptors (Lipinski definition) is 4. The number of aliphatic hydroxyl groups excluding tert-OH is 1. The predicted molar refractivity (Wildman–Crippen MR) is 74.6 cm³/mol. The van der Waals surface area contributed by atoms with Crippen LogP contribution in [0, 0.1) is 11.6 Å². The van der Waals surface area contributed by atoms with Crippen LogP contribution in [0.25, 0.3) is 0 Å². The van der Waals surface area contributed by atoms with Crippen LogP contribution in [0.4, 0.5) is 13.6 Å². The highest BCUT2D eigenvalue weighted by Gasteiger charge is 2.38. The number of carbonyl (C=O) groups is 1. The molecule has 1 N–H and O–H groups in total. The molecule has 1 aliphatic rings. The zero-order valence-corrected chi connectivity index (χ0v) is 12.7. The van der Waals surface area contributed by atoms with Crippen molar-refractivity contribution in [1.82, 2.24) is 4.90 Å². The smallest absolute Gasteiger partial charge is 0.410 e. The van der Waals surface area contributed by atoms with E-state index >= 15 is 0 Å². The van der Waals surface area contributed by atoms with Gasteiger partial charge in [-0.25, -0.2) is 9.18 Å². The topological polar surface area (TPSA) is 59.0 Å². The van der Waals surface area contributed by atoms with E-state index in [2.05, 4.69) is 0 Å². The second kappa shape index (κ2) is 6.08. The lowest BCUT2D eigenvalue weighted by Gasteiger charge is -2.24. The van der Waals surface area contributed by atoms with Crippen LogP contribution in [0.2, 0.25) is 0 Å². The Balaban J connectivity index is 2.02. The molecule has 0 radical (unpaired) electrons. The maximum absolute atomic E-state index is 13.6. The van der Waals surface area contributed by atoms with Crippen molar-refractivity contribution in [2.24, 2.45) is 0 Å². The Hall–Kier alpha value is -1.89. The minimum atomic E-state index is -1.12. The summed E-state index contributed by atoms with van der Waals surface area (Å²) in [7, 11) is 0. The summed E-state index contributed by atoms with van der Waals surface area (Å²) >= 11 is 0. The van der Waals surface area contributed by atoms with Crippen LogP contribution in [-0.2, 0) is 4.74 Å². The van der Waals surface area contributed by atoms with Crippen LogP contribution in [0.5, 0.6) is 5.75 Å². The Kier molecular flexibility index (Phi) is 4.55. The highest BCUT2D eigenvalue weighted by atomic mass is 19.2. The Bertz CT molecular complexity index is 559. The first-order chi connectivity index (χ1) is 10.2. The van der Waals surface area contributed by atoms with E-state index in [-0.39, 0.29) is 18.8 Å². The van der Waals surface area contributed by atoms with E-state index in [9.17, 15) is 18.7 Å². The summed E-state index contributed by atoms with van der Waals surface area (Å²) in [5.74, 6) is -2.45. The Morgan fingerprint density at radius 2 is 2.00 bits per heavy atom. The van der Waals surface area contributed by atoms with Crippen molar-refractivity contribution in [2.45, 2.75) is 38.6 Å². The van der Waals surface area contributed by atoms with Gasteiger partial charge in [-0.2, -0.15) is 4.39 Å². The maximum Gasteiger partial charge on any atom is 0.410 e. The number of hydrogen-bond donors (Lipinski definition) is 1. The summed E-state index contributed by atoms with van der Waals surface area (Å²) in [6, 6.07) is 3.54. The van der Waals surface area contributed by atoms with Crippen LogP contribution >= 0.6 is 0 Å². The molecule has 22 heavy (non-hydrogen) atoms. The van der Waals surface area contributed by atoms with Crippen molar-refractivity contribution in [2.75, 3.05) is 13.1 Å². The highest BCUT2D eigenvalue weighted by molar-refractivity contribution is 5.68. The number of amides is 1. The molecule has 1 saturated heterocycles. The maximum atomic E-state index is 13.6. The zero-order chi connectivity index (χ0) is 16.5. The van der Waals surface area contributed by atoms with Gasteiger partial charge in [-0.1, -0.05) is 6.07 Å². The van der Waals surface area contributed by atoms with Gasteiger partial charge in [-0.05, 0) is 32.9 Å². The molecule has 0 saturated carbocycles. The molecule has 0 spiro atoms. The number of carbonyl (C=O) groups excluding carboxylic acids is 1. The van der Waals surface area contributed by atoms with Crippen LogP contribution in [0.15, 0.2) is 18.2 Å². The average Bonchev–Trinajstić information content (AvgIpc) is 2.75. The van der Waals surface area contributed by atoms with Crippen molar-refractivity contribution in [1.29, 1.82) is 0 Å². The molecule has 2 rings (SSSR count). The fourth-order valence-electron chi connectivity index (χ4n) is 2.09. The molecule has 1 heterocycles. The van der Waals surface area contributed by atoms with E-state index in [0.29, 0.717) is 0 Å². The normalized spacial score (nSPS) is 21.8. The van der Waals surface area contributed by atoms with E-state index in [4.69, 9.17) is 9.47 Å². The first-order valence-electron chi connectivity index (χ1n) is 6.94. The average molecular weight is 315 g/mol. The molecular weight excluding hydrogens is 296 g/mol. The summed E-state index contributed by atoms with van der Waals surface area (Å²) in [5, 5.41) is 9.94. The summed E-state index contributed by atoms with van der Waals surface area (Å²) in [5.41, 5.74) is -0.657. The van der Waals surface area contributed by atoms with Gasteiger partial charge in [-0.15, -0.1) is 0 Å². The monoisotopic (exact) mass is 315 g/mol. The van der Waals surface area contributed by atoms with Gasteiger partial charge in [0.05, 0.1) is 13.1 Å². The van der Waals surface area contributed by atoms with E-state index in [0.717, 1.165) is 6.07 Å². The predicted octanol–water partition coefficient (Wildman–Crippen LogP) is 2.32. The van der Waals surface area contributed by atoms with Crippen molar-refractivity contribution in [3.8, 4) is 5.75 Å². The molecule has 1 aliphatic heterocycles. The molecule has 122 valence electrons. The third-order valence-corrected chi connectivity index (χ3v) is 3.08. The molecule has 2 atom stereocenters. The van der Waals surface area contributed by atoms with Gasteiger partial charge in [0.1, 0.15) is 17.8 Å². The molecule has 1 amide bonds. The molecule has 1 fully saturated rings. The summed E-state index contributed by atoms with van der Waals surface area (Å²) in [4.78, 5) is 13.2. The third-order valence-electron chi connectivity index (χ3n) is 3.08. The van der Waals surface area contributed by atoms with Gasteiger partial charge < -0.3 is 19.5 Å². The minimum Gasteiger partial charge on any atom is -0.483 e. The number of benzene rings is 1. The molecule has 0 aromatic heterocycles. The highest BCUT2D eigenvalue weighted by Crippen LogP contribution is 2.24. The van der Waals surface area contributed by atoms with Gasteiger partial charge in [0.15, 0.2) is 11.6 Å². The second-order valence-electron chi connectivity index (χ2n) is 6.16. The lowest BCUT2D eigenvalue weighted by molar-refractivity contribution is 0.0268. The van der Waals surface area contributed by atoms with Gasteiger partial charge in [0.25, 0.3) is 0 Å². The number of nitrogens with zero attached hydrogens (tertiary/aromatic N) is 1. The number of ether oxygens (including phenoxy) is 2. The zero-order valence-electron chi connectivity index (χ0n) is 12.7. The summed E-state index contributed by atoms with van der Waals surface area (Å²) in [6.45, 7) is 5.23. The number of aliphatic hydroxyl groups is 1. The number of halogens is 2. The summed E-state index contributed by atoms with van der Waals surface area (Å²) in [6.07, 6.45) is -2.43. The second-order valence-corrected chi connectivity index (χ2v) is 6.16. The molecule has 5 nitrogen and oxygen atoms in total. The van der Waals surface area contributed by atoms with E-state index in [1.165, 1.54) is 17.0 Å². The van der Waals surface area contributed by atoms with Crippen LogP contribution < -0.4 is 4.74 Å². The largest absolute Gasteiger partial charge is 0.483 e. The number of likely N-dealkylation sites (tertiary alicyclic amines) is 1. The standard InChI is InChI=1S/C15H19F2NO4/c1-15(2,3)22-14(20)18-7-10(19)12(8-18)21-11-6-4-5-9(16)13(11)17/h4-6,10,12,19H,7-8H2,1-3H3/t10-,12+/m0/s1. The molecule has 7 heteroatoms. The Morgan fingerprint density at radius 3 is 2.64 bits per heavy atom. The van der Waals surface area contributed by atoms with E-state index in [1.54, 1.807) is 20.8 Å². The first kappa shape index (κ1) is 16.5. The van der Waals surface area contributed by atoms with Crippen LogP contribution in [0.1, 0.15) is 20.8 Å².